The summed E-state index contributed by atoms with van der Waals surface area (Å²) >= 11 is 1.72. The van der Waals surface area contributed by atoms with Crippen LogP contribution in [0.5, 0.6) is 0 Å². The van der Waals surface area contributed by atoms with E-state index in [4.69, 9.17) is 4.74 Å². The van der Waals surface area contributed by atoms with Crippen LogP contribution in [-0.2, 0) is 11.3 Å². The highest BCUT2D eigenvalue weighted by molar-refractivity contribution is 7.98. The first kappa shape index (κ1) is 15.7. The molecule has 3 rings (SSSR count). The van der Waals surface area contributed by atoms with Crippen molar-refractivity contribution in [2.75, 3.05) is 12.9 Å². The van der Waals surface area contributed by atoms with Crippen molar-refractivity contribution in [1.82, 2.24) is 10.6 Å². The number of thioether (sulfide) groups is 1. The van der Waals surface area contributed by atoms with Crippen LogP contribution in [0.3, 0.4) is 0 Å². The van der Waals surface area contributed by atoms with Crippen molar-refractivity contribution in [2.24, 2.45) is 5.92 Å². The van der Waals surface area contributed by atoms with Crippen molar-refractivity contribution in [1.29, 1.82) is 0 Å². The molecule has 1 saturated carbocycles. The normalized spacial score (nSPS) is 27.2. The third kappa shape index (κ3) is 3.76. The first-order valence-electron chi connectivity index (χ1n) is 8.05. The molecule has 0 spiro atoms. The number of rotatable bonds is 4. The number of carbonyl (C=O) groups is 1. The second-order valence-electron chi connectivity index (χ2n) is 6.07. The molecule has 0 unspecified atom stereocenters. The molecule has 2 aliphatic rings. The highest BCUT2D eigenvalue weighted by Gasteiger charge is 2.38. The lowest BCUT2D eigenvalue weighted by atomic mass is 9.82. The highest BCUT2D eigenvalue weighted by Crippen LogP contribution is 2.34. The smallest absolute Gasteiger partial charge is 0.315 e. The third-order valence-corrected chi connectivity index (χ3v) is 5.45. The van der Waals surface area contributed by atoms with Gasteiger partial charge in [-0.3, -0.25) is 0 Å². The van der Waals surface area contributed by atoms with E-state index in [0.29, 0.717) is 18.6 Å². The van der Waals surface area contributed by atoms with Gasteiger partial charge in [-0.05, 0) is 49.6 Å². The van der Waals surface area contributed by atoms with Crippen LogP contribution in [-0.4, -0.2) is 31.0 Å². The largest absolute Gasteiger partial charge is 0.378 e. The number of amides is 2. The predicted molar refractivity (Wildman–Crippen MR) is 89.1 cm³/mol. The van der Waals surface area contributed by atoms with Gasteiger partial charge < -0.3 is 15.4 Å². The van der Waals surface area contributed by atoms with Gasteiger partial charge in [0.2, 0.25) is 0 Å². The quantitative estimate of drug-likeness (QED) is 0.838. The molecular weight excluding hydrogens is 296 g/mol. The van der Waals surface area contributed by atoms with Crippen molar-refractivity contribution in [3.05, 3.63) is 29.8 Å². The number of carbonyl (C=O) groups excluding carboxylic acids is 1. The first-order chi connectivity index (χ1) is 10.8. The Bertz CT molecular complexity index is 506. The number of fused-ring (bicyclic) bond motifs is 1. The summed E-state index contributed by atoms with van der Waals surface area (Å²) in [4.78, 5) is 13.4. The van der Waals surface area contributed by atoms with E-state index in [0.717, 1.165) is 37.9 Å². The molecule has 0 bridgehead atoms. The van der Waals surface area contributed by atoms with Crippen molar-refractivity contribution in [3.8, 4) is 0 Å². The lowest BCUT2D eigenvalue weighted by molar-refractivity contribution is 0.0549. The van der Waals surface area contributed by atoms with Gasteiger partial charge in [0.05, 0.1) is 6.10 Å². The van der Waals surface area contributed by atoms with Crippen LogP contribution in [0.4, 0.5) is 4.79 Å². The summed E-state index contributed by atoms with van der Waals surface area (Å²) < 4.78 is 5.75. The molecule has 1 aliphatic heterocycles. The molecule has 1 aliphatic carbocycles. The molecule has 0 radical (unpaired) electrons. The lowest BCUT2D eigenvalue weighted by Gasteiger charge is -2.33. The van der Waals surface area contributed by atoms with Crippen molar-refractivity contribution in [3.63, 3.8) is 0 Å². The maximum absolute atomic E-state index is 12.1. The van der Waals surface area contributed by atoms with Gasteiger partial charge in [0, 0.05) is 30.0 Å². The highest BCUT2D eigenvalue weighted by atomic mass is 32.2. The van der Waals surface area contributed by atoms with Crippen molar-refractivity contribution >= 4 is 17.8 Å². The van der Waals surface area contributed by atoms with E-state index in [9.17, 15) is 4.79 Å². The van der Waals surface area contributed by atoms with Gasteiger partial charge in [0.15, 0.2) is 0 Å². The molecule has 1 heterocycles. The van der Waals surface area contributed by atoms with E-state index in [1.807, 2.05) is 0 Å². The van der Waals surface area contributed by atoms with Gasteiger partial charge in [-0.2, -0.15) is 0 Å². The molecular formula is C17H24N2O2S. The summed E-state index contributed by atoms with van der Waals surface area (Å²) in [5.74, 6) is 0.500. The van der Waals surface area contributed by atoms with Gasteiger partial charge in [0.25, 0.3) is 0 Å². The summed E-state index contributed by atoms with van der Waals surface area (Å²) in [6, 6.07) is 8.50. The minimum Gasteiger partial charge on any atom is -0.378 e. The van der Waals surface area contributed by atoms with Crippen LogP contribution in [0.2, 0.25) is 0 Å². The molecule has 2 amide bonds. The van der Waals surface area contributed by atoms with Gasteiger partial charge >= 0.3 is 6.03 Å². The molecule has 1 aromatic rings. The van der Waals surface area contributed by atoms with Gasteiger partial charge in [-0.15, -0.1) is 11.8 Å². The van der Waals surface area contributed by atoms with Gasteiger partial charge in [-0.25, -0.2) is 4.79 Å². The maximum atomic E-state index is 12.1. The van der Waals surface area contributed by atoms with Crippen LogP contribution in [0.1, 0.15) is 31.2 Å². The molecule has 2 N–H and O–H groups in total. The van der Waals surface area contributed by atoms with Crippen molar-refractivity contribution < 1.29 is 9.53 Å². The standard InChI is InChI=1S/C17H24N2O2S/c1-22-13-7-5-12(6-8-13)11-18-17(20)19-15-3-2-4-16-14(15)9-10-21-16/h5-8,14-16H,2-4,9-11H2,1H3,(H2,18,19,20)/t14-,15-,16+/m1/s1. The van der Waals surface area contributed by atoms with E-state index in [2.05, 4.69) is 41.2 Å². The fourth-order valence-electron chi connectivity index (χ4n) is 3.50. The fourth-order valence-corrected chi connectivity index (χ4v) is 3.91. The van der Waals surface area contributed by atoms with Crippen LogP contribution in [0.15, 0.2) is 29.2 Å². The molecule has 1 aromatic carbocycles. The Morgan fingerprint density at radius 2 is 2.09 bits per heavy atom. The topological polar surface area (TPSA) is 50.4 Å². The molecule has 4 nitrogen and oxygen atoms in total. The summed E-state index contributed by atoms with van der Waals surface area (Å²) in [5, 5.41) is 6.11. The van der Waals surface area contributed by atoms with E-state index in [1.165, 1.54) is 4.90 Å². The lowest BCUT2D eigenvalue weighted by Crippen LogP contribution is -2.49. The summed E-state index contributed by atoms with van der Waals surface area (Å²) in [5.41, 5.74) is 1.12. The molecule has 5 heteroatoms. The number of urea groups is 1. The molecule has 1 saturated heterocycles. The Balaban J connectivity index is 1.47. The minimum absolute atomic E-state index is 0.0634. The van der Waals surface area contributed by atoms with E-state index >= 15 is 0 Å². The summed E-state index contributed by atoms with van der Waals surface area (Å²) in [7, 11) is 0. The summed E-state index contributed by atoms with van der Waals surface area (Å²) in [6.45, 7) is 1.41. The van der Waals surface area contributed by atoms with Crippen LogP contribution in [0.25, 0.3) is 0 Å². The Kier molecular flexibility index (Phi) is 5.26. The second kappa shape index (κ2) is 7.38. The van der Waals surface area contributed by atoms with Crippen LogP contribution >= 0.6 is 11.8 Å². The number of nitrogens with one attached hydrogen (secondary N) is 2. The average Bonchev–Trinajstić information content (AvgIpc) is 3.03. The SMILES string of the molecule is CSc1ccc(CNC(=O)N[C@@H]2CCC[C@@H]3OCC[C@@H]32)cc1. The average molecular weight is 320 g/mol. The molecule has 22 heavy (non-hydrogen) atoms. The number of ether oxygens (including phenoxy) is 1. The Hall–Kier alpha value is -1.20. The minimum atomic E-state index is -0.0634. The van der Waals surface area contributed by atoms with E-state index in [-0.39, 0.29) is 12.1 Å². The number of benzene rings is 1. The maximum Gasteiger partial charge on any atom is 0.315 e. The van der Waals surface area contributed by atoms with Gasteiger partial charge in [0.1, 0.15) is 0 Å². The van der Waals surface area contributed by atoms with E-state index in [1.54, 1.807) is 11.8 Å². The summed E-state index contributed by atoms with van der Waals surface area (Å²) in [6.07, 6.45) is 6.85. The Labute approximate surface area is 136 Å². The second-order valence-corrected chi connectivity index (χ2v) is 6.95. The van der Waals surface area contributed by atoms with E-state index < -0.39 is 0 Å². The van der Waals surface area contributed by atoms with Crippen molar-refractivity contribution in [2.45, 2.75) is 49.3 Å². The zero-order valence-corrected chi connectivity index (χ0v) is 13.8. The third-order valence-electron chi connectivity index (χ3n) is 4.71. The zero-order valence-electron chi connectivity index (χ0n) is 13.0. The molecule has 0 aromatic heterocycles. The zero-order chi connectivity index (χ0) is 15.4. The number of hydrogen-bond donors (Lipinski definition) is 2. The fraction of sp³-hybridized carbons (Fsp3) is 0.588. The monoisotopic (exact) mass is 320 g/mol. The Morgan fingerprint density at radius 1 is 1.27 bits per heavy atom. The van der Waals surface area contributed by atoms with Crippen LogP contribution in [0, 0.1) is 5.92 Å². The molecule has 120 valence electrons. The van der Waals surface area contributed by atoms with Crippen LogP contribution < -0.4 is 10.6 Å². The Morgan fingerprint density at radius 3 is 2.86 bits per heavy atom. The molecule has 2 fully saturated rings. The predicted octanol–water partition coefficient (Wildman–Crippen LogP) is 3.17. The van der Waals surface area contributed by atoms with Gasteiger partial charge in [-0.1, -0.05) is 12.1 Å². The molecule has 3 atom stereocenters. The first-order valence-corrected chi connectivity index (χ1v) is 9.27. The number of hydrogen-bond acceptors (Lipinski definition) is 3.